The van der Waals surface area contributed by atoms with Crippen LogP contribution in [0.25, 0.3) is 0 Å². The summed E-state index contributed by atoms with van der Waals surface area (Å²) in [7, 11) is 0. The number of rotatable bonds is 6. The number of carbonyl (C=O) groups is 1. The van der Waals surface area contributed by atoms with Crippen LogP contribution in [0, 0.1) is 12.7 Å². The van der Waals surface area contributed by atoms with E-state index in [4.69, 9.17) is 0 Å². The summed E-state index contributed by atoms with van der Waals surface area (Å²) in [4.78, 5) is 14.3. The van der Waals surface area contributed by atoms with Gasteiger partial charge in [-0.2, -0.15) is 0 Å². The zero-order valence-corrected chi connectivity index (χ0v) is 12.5. The minimum atomic E-state index is -0.318. The first-order valence-corrected chi connectivity index (χ1v) is 7.21. The Morgan fingerprint density at radius 1 is 1.10 bits per heavy atom. The zero-order chi connectivity index (χ0) is 15.2. The number of nitrogens with zero attached hydrogens (tertiary/aromatic N) is 1. The molecule has 0 amide bonds. The molecule has 3 heteroatoms. The SMILES string of the molecule is CCN(CCC(=O)c1ccc(F)cc1)c1ccccc1C. The molecule has 2 nitrogen and oxygen atoms in total. The van der Waals surface area contributed by atoms with Crippen LogP contribution in [0.4, 0.5) is 10.1 Å². The highest BCUT2D eigenvalue weighted by Gasteiger charge is 2.11. The van der Waals surface area contributed by atoms with Crippen molar-refractivity contribution in [3.8, 4) is 0 Å². The van der Waals surface area contributed by atoms with Crippen LogP contribution in [0.3, 0.4) is 0 Å². The van der Waals surface area contributed by atoms with Gasteiger partial charge in [0.15, 0.2) is 5.78 Å². The molecule has 0 aliphatic rings. The largest absolute Gasteiger partial charge is 0.371 e. The van der Waals surface area contributed by atoms with Gasteiger partial charge in [0.05, 0.1) is 0 Å². The molecule has 2 aromatic carbocycles. The first-order valence-electron chi connectivity index (χ1n) is 7.21. The Labute approximate surface area is 125 Å². The quantitative estimate of drug-likeness (QED) is 0.740. The van der Waals surface area contributed by atoms with Crippen molar-refractivity contribution in [2.45, 2.75) is 20.3 Å². The maximum absolute atomic E-state index is 12.9. The molecule has 0 fully saturated rings. The number of ketones is 1. The Morgan fingerprint density at radius 2 is 1.76 bits per heavy atom. The third-order valence-corrected chi connectivity index (χ3v) is 3.61. The monoisotopic (exact) mass is 285 g/mol. The van der Waals surface area contributed by atoms with E-state index in [0.717, 1.165) is 12.2 Å². The van der Waals surface area contributed by atoms with E-state index in [-0.39, 0.29) is 11.6 Å². The number of aryl methyl sites for hydroxylation is 1. The number of para-hydroxylation sites is 1. The van der Waals surface area contributed by atoms with Gasteiger partial charge in [0.25, 0.3) is 0 Å². The second kappa shape index (κ2) is 7.02. The summed E-state index contributed by atoms with van der Waals surface area (Å²) in [6.45, 7) is 5.66. The fraction of sp³-hybridized carbons (Fsp3) is 0.278. The molecule has 0 unspecified atom stereocenters. The minimum absolute atomic E-state index is 0.0436. The van der Waals surface area contributed by atoms with Crippen LogP contribution in [-0.4, -0.2) is 18.9 Å². The minimum Gasteiger partial charge on any atom is -0.371 e. The van der Waals surface area contributed by atoms with Crippen molar-refractivity contribution in [1.29, 1.82) is 0 Å². The Morgan fingerprint density at radius 3 is 2.38 bits per heavy atom. The Hall–Kier alpha value is -2.16. The smallest absolute Gasteiger partial charge is 0.164 e. The fourth-order valence-electron chi connectivity index (χ4n) is 2.38. The number of halogens is 1. The summed E-state index contributed by atoms with van der Waals surface area (Å²) >= 11 is 0. The predicted octanol–water partition coefficient (Wildman–Crippen LogP) is 4.23. The maximum atomic E-state index is 12.9. The molecule has 0 aliphatic carbocycles. The molecule has 0 atom stereocenters. The molecule has 21 heavy (non-hydrogen) atoms. The molecule has 0 spiro atoms. The summed E-state index contributed by atoms with van der Waals surface area (Å²) in [5.41, 5.74) is 2.93. The molecule has 2 rings (SSSR count). The predicted molar refractivity (Wildman–Crippen MR) is 84.4 cm³/mol. The van der Waals surface area contributed by atoms with Gasteiger partial charge >= 0.3 is 0 Å². The van der Waals surface area contributed by atoms with Gasteiger partial charge < -0.3 is 4.90 Å². The summed E-state index contributed by atoms with van der Waals surface area (Å²) in [5, 5.41) is 0. The van der Waals surface area contributed by atoms with E-state index in [1.165, 1.54) is 17.7 Å². The first-order chi connectivity index (χ1) is 10.1. The summed E-state index contributed by atoms with van der Waals surface area (Å²) in [6, 6.07) is 13.9. The summed E-state index contributed by atoms with van der Waals surface area (Å²) in [6.07, 6.45) is 0.424. The summed E-state index contributed by atoms with van der Waals surface area (Å²) < 4.78 is 12.9. The lowest BCUT2D eigenvalue weighted by Gasteiger charge is -2.24. The molecule has 0 radical (unpaired) electrons. The van der Waals surface area contributed by atoms with Gasteiger partial charge in [-0.3, -0.25) is 4.79 Å². The molecule has 0 heterocycles. The summed E-state index contributed by atoms with van der Waals surface area (Å²) in [5.74, 6) is -0.274. The van der Waals surface area contributed by atoms with E-state index in [9.17, 15) is 9.18 Å². The third-order valence-electron chi connectivity index (χ3n) is 3.61. The van der Waals surface area contributed by atoms with E-state index in [1.54, 1.807) is 12.1 Å². The van der Waals surface area contributed by atoms with E-state index in [1.807, 2.05) is 12.1 Å². The van der Waals surface area contributed by atoms with Crippen molar-refractivity contribution in [3.63, 3.8) is 0 Å². The molecular weight excluding hydrogens is 265 g/mol. The van der Waals surface area contributed by atoms with Gasteiger partial charge in [0, 0.05) is 30.8 Å². The van der Waals surface area contributed by atoms with Crippen LogP contribution in [-0.2, 0) is 0 Å². The Bertz CT molecular complexity index is 607. The Kier molecular flexibility index (Phi) is 5.09. The van der Waals surface area contributed by atoms with Crippen LogP contribution < -0.4 is 4.90 Å². The van der Waals surface area contributed by atoms with Gasteiger partial charge in [-0.1, -0.05) is 18.2 Å². The molecule has 0 saturated heterocycles. The Balaban J connectivity index is 2.02. The average Bonchev–Trinajstić information content (AvgIpc) is 2.50. The lowest BCUT2D eigenvalue weighted by Crippen LogP contribution is -2.26. The van der Waals surface area contributed by atoms with Crippen molar-refractivity contribution >= 4 is 11.5 Å². The van der Waals surface area contributed by atoms with Crippen molar-refractivity contribution in [3.05, 3.63) is 65.5 Å². The zero-order valence-electron chi connectivity index (χ0n) is 12.5. The normalized spacial score (nSPS) is 10.4. The van der Waals surface area contributed by atoms with E-state index >= 15 is 0 Å². The molecule has 0 aliphatic heterocycles. The standard InChI is InChI=1S/C18H20FNO/c1-3-20(17-7-5-4-6-14(17)2)13-12-18(21)15-8-10-16(19)11-9-15/h4-11H,3,12-13H2,1-2H3. The molecule has 2 aromatic rings. The lowest BCUT2D eigenvalue weighted by molar-refractivity contribution is 0.0984. The van der Waals surface area contributed by atoms with E-state index < -0.39 is 0 Å². The highest BCUT2D eigenvalue weighted by Crippen LogP contribution is 2.19. The van der Waals surface area contributed by atoms with Crippen molar-refractivity contribution in [2.75, 3.05) is 18.0 Å². The van der Waals surface area contributed by atoms with Crippen LogP contribution in [0.2, 0.25) is 0 Å². The lowest BCUT2D eigenvalue weighted by atomic mass is 10.1. The van der Waals surface area contributed by atoms with Gasteiger partial charge in [0.2, 0.25) is 0 Å². The van der Waals surface area contributed by atoms with E-state index in [0.29, 0.717) is 18.5 Å². The number of Topliss-reactive ketones (excluding diaryl/α,β-unsaturated/α-hetero) is 1. The number of anilines is 1. The molecule has 0 saturated carbocycles. The number of hydrogen-bond acceptors (Lipinski definition) is 2. The second-order valence-electron chi connectivity index (χ2n) is 5.05. The van der Waals surface area contributed by atoms with Crippen molar-refractivity contribution < 1.29 is 9.18 Å². The average molecular weight is 285 g/mol. The second-order valence-corrected chi connectivity index (χ2v) is 5.05. The van der Waals surface area contributed by atoms with Gasteiger partial charge in [0.1, 0.15) is 5.82 Å². The van der Waals surface area contributed by atoms with E-state index in [2.05, 4.69) is 30.9 Å². The number of benzene rings is 2. The molecule has 0 bridgehead atoms. The molecule has 0 aromatic heterocycles. The van der Waals surface area contributed by atoms with Crippen LogP contribution >= 0.6 is 0 Å². The first kappa shape index (κ1) is 15.2. The third kappa shape index (κ3) is 3.91. The molecular formula is C18H20FNO. The van der Waals surface area contributed by atoms with Crippen molar-refractivity contribution in [1.82, 2.24) is 0 Å². The number of carbonyl (C=O) groups excluding carboxylic acids is 1. The molecule has 110 valence electrons. The van der Waals surface area contributed by atoms with Gasteiger partial charge in [-0.25, -0.2) is 4.39 Å². The van der Waals surface area contributed by atoms with Gasteiger partial charge in [-0.05, 0) is 49.7 Å². The van der Waals surface area contributed by atoms with Crippen molar-refractivity contribution in [2.24, 2.45) is 0 Å². The fourth-order valence-corrected chi connectivity index (χ4v) is 2.38. The highest BCUT2D eigenvalue weighted by atomic mass is 19.1. The highest BCUT2D eigenvalue weighted by molar-refractivity contribution is 5.96. The van der Waals surface area contributed by atoms with Gasteiger partial charge in [-0.15, -0.1) is 0 Å². The topological polar surface area (TPSA) is 20.3 Å². The molecule has 0 N–H and O–H groups in total. The number of hydrogen-bond donors (Lipinski definition) is 0. The van der Waals surface area contributed by atoms with Crippen LogP contribution in [0.15, 0.2) is 48.5 Å². The van der Waals surface area contributed by atoms with Crippen LogP contribution in [0.1, 0.15) is 29.3 Å². The maximum Gasteiger partial charge on any atom is 0.164 e. The van der Waals surface area contributed by atoms with Crippen LogP contribution in [0.5, 0.6) is 0 Å².